The van der Waals surface area contributed by atoms with E-state index in [4.69, 9.17) is 24.9 Å². The van der Waals surface area contributed by atoms with E-state index in [1.165, 1.54) is 7.11 Å². The molecule has 2 aliphatic rings. The van der Waals surface area contributed by atoms with Crippen molar-refractivity contribution < 1.29 is 23.8 Å². The Kier molecular flexibility index (Phi) is 5.97. The summed E-state index contributed by atoms with van der Waals surface area (Å²) in [6.45, 7) is 0.136. The molecule has 34 heavy (non-hydrogen) atoms. The summed E-state index contributed by atoms with van der Waals surface area (Å²) in [6, 6.07) is 9.37. The molecule has 0 spiro atoms. The van der Waals surface area contributed by atoms with E-state index in [-0.39, 0.29) is 31.3 Å². The van der Waals surface area contributed by atoms with Gasteiger partial charge in [0.25, 0.3) is 5.91 Å². The van der Waals surface area contributed by atoms with Gasteiger partial charge in [-0.1, -0.05) is 0 Å². The number of carbonyl (C=O) groups is 2. The number of amides is 1. The van der Waals surface area contributed by atoms with Crippen molar-refractivity contribution in [2.24, 2.45) is 5.73 Å². The molecule has 3 heterocycles. The van der Waals surface area contributed by atoms with E-state index < -0.39 is 5.97 Å². The number of hydrogen-bond donors (Lipinski definition) is 3. The quantitative estimate of drug-likeness (QED) is 0.473. The maximum atomic E-state index is 12.9. The highest BCUT2D eigenvalue weighted by molar-refractivity contribution is 5.95. The summed E-state index contributed by atoms with van der Waals surface area (Å²) in [4.78, 5) is 29.4. The molecule has 1 aromatic carbocycles. The zero-order valence-electron chi connectivity index (χ0n) is 18.9. The Bertz CT molecular complexity index is 1230. The van der Waals surface area contributed by atoms with Gasteiger partial charge in [-0.25, -0.2) is 4.98 Å². The fourth-order valence-corrected chi connectivity index (χ4v) is 4.36. The number of pyridine rings is 1. The van der Waals surface area contributed by atoms with Crippen molar-refractivity contribution in [3.8, 4) is 22.8 Å². The van der Waals surface area contributed by atoms with Crippen LogP contribution < -0.4 is 25.8 Å². The van der Waals surface area contributed by atoms with Crippen LogP contribution in [0.25, 0.3) is 16.9 Å². The molecule has 10 heteroatoms. The predicted octanol–water partition coefficient (Wildman–Crippen LogP) is 2.31. The Hall–Kier alpha value is -3.79. The highest BCUT2D eigenvalue weighted by atomic mass is 16.7. The molecular weight excluding hydrogens is 438 g/mol. The fraction of sp³-hybridized carbons (Fsp3) is 0.375. The number of aromatic nitrogens is 2. The van der Waals surface area contributed by atoms with Crippen LogP contribution in [-0.4, -0.2) is 53.8 Å². The van der Waals surface area contributed by atoms with E-state index in [2.05, 4.69) is 10.6 Å². The van der Waals surface area contributed by atoms with E-state index in [0.717, 1.165) is 31.2 Å². The van der Waals surface area contributed by atoms with Crippen LogP contribution in [0.15, 0.2) is 36.5 Å². The second-order valence-electron chi connectivity index (χ2n) is 8.54. The van der Waals surface area contributed by atoms with Crippen LogP contribution in [0.3, 0.4) is 0 Å². The van der Waals surface area contributed by atoms with Gasteiger partial charge in [-0.15, -0.1) is 0 Å². The number of ether oxygens (including phenoxy) is 3. The van der Waals surface area contributed by atoms with Crippen LogP contribution in [0.2, 0.25) is 0 Å². The van der Waals surface area contributed by atoms with Crippen molar-refractivity contribution in [1.82, 2.24) is 14.7 Å². The second kappa shape index (κ2) is 9.22. The average Bonchev–Trinajstić information content (AvgIpc) is 3.47. The van der Waals surface area contributed by atoms with Crippen molar-refractivity contribution in [2.75, 3.05) is 25.8 Å². The number of methoxy groups -OCH3 is 1. The number of nitrogens with zero attached hydrogens (tertiary/aromatic N) is 2. The zero-order valence-corrected chi connectivity index (χ0v) is 18.9. The molecule has 1 aliphatic carbocycles. The number of fused-ring (bicyclic) bond motifs is 2. The van der Waals surface area contributed by atoms with E-state index in [1.807, 2.05) is 18.2 Å². The molecule has 1 aliphatic heterocycles. The molecule has 10 nitrogen and oxygen atoms in total. The first-order valence-electron chi connectivity index (χ1n) is 11.3. The van der Waals surface area contributed by atoms with Crippen LogP contribution in [0, 0.1) is 0 Å². The standard InChI is InChI=1S/C24H27N5O5/c1-32-21(30)12-26-23-22(14-2-7-18-19(10-14)34-13-33-18)28-20-11-15(8-9-29(20)23)24(31)27-17-5-3-16(25)4-6-17/h2,7-11,16-17,26H,3-6,12-13,25H2,1H3,(H,27,31). The SMILES string of the molecule is COC(=O)CNc1c(-c2ccc3c(c2)OCO3)nc2cc(C(=O)NC3CCC(N)CC3)ccn12. The number of nitrogens with one attached hydrogen (secondary N) is 2. The summed E-state index contributed by atoms with van der Waals surface area (Å²) in [5, 5.41) is 6.22. The molecule has 2 aromatic heterocycles. The molecule has 0 bridgehead atoms. The number of rotatable bonds is 6. The normalized spacial score (nSPS) is 19.1. The Morgan fingerprint density at radius 2 is 1.94 bits per heavy atom. The van der Waals surface area contributed by atoms with Crippen LogP contribution in [0.5, 0.6) is 11.5 Å². The first-order valence-corrected chi connectivity index (χ1v) is 11.3. The molecule has 1 fully saturated rings. The van der Waals surface area contributed by atoms with Crippen molar-refractivity contribution in [2.45, 2.75) is 37.8 Å². The van der Waals surface area contributed by atoms with E-state index >= 15 is 0 Å². The number of esters is 1. The van der Waals surface area contributed by atoms with Gasteiger partial charge in [0.1, 0.15) is 23.7 Å². The minimum absolute atomic E-state index is 0.0338. The largest absolute Gasteiger partial charge is 0.468 e. The minimum atomic E-state index is -0.408. The molecule has 0 unspecified atom stereocenters. The van der Waals surface area contributed by atoms with Gasteiger partial charge in [-0.3, -0.25) is 14.0 Å². The summed E-state index contributed by atoms with van der Waals surface area (Å²) in [5.74, 6) is 1.35. The number of nitrogens with two attached hydrogens (primary N) is 1. The molecule has 4 N–H and O–H groups in total. The first-order chi connectivity index (χ1) is 16.5. The zero-order chi connectivity index (χ0) is 23.7. The molecule has 0 saturated heterocycles. The van der Waals surface area contributed by atoms with E-state index in [1.54, 1.807) is 22.7 Å². The fourth-order valence-electron chi connectivity index (χ4n) is 4.36. The number of hydrogen-bond acceptors (Lipinski definition) is 8. The Labute approximate surface area is 196 Å². The Balaban J connectivity index is 1.46. The maximum Gasteiger partial charge on any atom is 0.325 e. The predicted molar refractivity (Wildman–Crippen MR) is 125 cm³/mol. The Morgan fingerprint density at radius 3 is 2.74 bits per heavy atom. The molecule has 3 aromatic rings. The smallest absolute Gasteiger partial charge is 0.325 e. The lowest BCUT2D eigenvalue weighted by Gasteiger charge is -2.26. The average molecular weight is 466 g/mol. The third-order valence-electron chi connectivity index (χ3n) is 6.27. The van der Waals surface area contributed by atoms with Gasteiger partial charge in [0.05, 0.1) is 7.11 Å². The van der Waals surface area contributed by atoms with Gasteiger partial charge in [-0.05, 0) is 56.0 Å². The monoisotopic (exact) mass is 465 g/mol. The van der Waals surface area contributed by atoms with E-state index in [9.17, 15) is 9.59 Å². The summed E-state index contributed by atoms with van der Waals surface area (Å²) < 4.78 is 17.5. The highest BCUT2D eigenvalue weighted by Crippen LogP contribution is 2.38. The summed E-state index contributed by atoms with van der Waals surface area (Å²) >= 11 is 0. The summed E-state index contributed by atoms with van der Waals surface area (Å²) in [5.41, 5.74) is 8.45. The van der Waals surface area contributed by atoms with Gasteiger partial charge in [0.15, 0.2) is 11.5 Å². The molecule has 1 saturated carbocycles. The van der Waals surface area contributed by atoms with Crippen molar-refractivity contribution in [3.05, 3.63) is 42.1 Å². The van der Waals surface area contributed by atoms with Gasteiger partial charge in [0, 0.05) is 29.4 Å². The minimum Gasteiger partial charge on any atom is -0.468 e. The van der Waals surface area contributed by atoms with Crippen molar-refractivity contribution in [1.29, 1.82) is 0 Å². The van der Waals surface area contributed by atoms with E-state index in [0.29, 0.717) is 34.2 Å². The third kappa shape index (κ3) is 4.36. The first kappa shape index (κ1) is 22.0. The van der Waals surface area contributed by atoms with Crippen molar-refractivity contribution in [3.63, 3.8) is 0 Å². The van der Waals surface area contributed by atoms with Gasteiger partial charge in [0.2, 0.25) is 6.79 Å². The molecule has 0 radical (unpaired) electrons. The van der Waals surface area contributed by atoms with Gasteiger partial charge in [-0.2, -0.15) is 0 Å². The lowest BCUT2D eigenvalue weighted by molar-refractivity contribution is -0.138. The maximum absolute atomic E-state index is 12.9. The topological polar surface area (TPSA) is 129 Å². The molecule has 178 valence electrons. The Morgan fingerprint density at radius 1 is 1.15 bits per heavy atom. The van der Waals surface area contributed by atoms with Gasteiger partial charge >= 0.3 is 5.97 Å². The number of benzene rings is 1. The summed E-state index contributed by atoms with van der Waals surface area (Å²) in [7, 11) is 1.34. The lowest BCUT2D eigenvalue weighted by atomic mass is 9.91. The second-order valence-corrected chi connectivity index (χ2v) is 8.54. The molecule has 0 atom stereocenters. The van der Waals surface area contributed by atoms with Crippen LogP contribution in [0.4, 0.5) is 5.82 Å². The van der Waals surface area contributed by atoms with Crippen LogP contribution in [0.1, 0.15) is 36.0 Å². The number of imidazole rings is 1. The number of carbonyl (C=O) groups excluding carboxylic acids is 2. The third-order valence-corrected chi connectivity index (χ3v) is 6.27. The lowest BCUT2D eigenvalue weighted by Crippen LogP contribution is -2.40. The molecule has 5 rings (SSSR count). The molecular formula is C24H27N5O5. The number of anilines is 1. The van der Waals surface area contributed by atoms with Gasteiger partial charge < -0.3 is 30.6 Å². The van der Waals surface area contributed by atoms with Crippen LogP contribution in [-0.2, 0) is 9.53 Å². The van der Waals surface area contributed by atoms with Crippen molar-refractivity contribution >= 4 is 23.3 Å². The molecule has 1 amide bonds. The van der Waals surface area contributed by atoms with Crippen LogP contribution >= 0.6 is 0 Å². The highest BCUT2D eigenvalue weighted by Gasteiger charge is 2.23. The summed E-state index contributed by atoms with van der Waals surface area (Å²) in [6.07, 6.45) is 5.36.